The summed E-state index contributed by atoms with van der Waals surface area (Å²) in [5, 5.41) is 14.0. The summed E-state index contributed by atoms with van der Waals surface area (Å²) in [5.41, 5.74) is -0.425. The minimum Gasteiger partial charge on any atom is -0.258 e. The summed E-state index contributed by atoms with van der Waals surface area (Å²) < 4.78 is 63.2. The molecule has 2 aromatic heterocycles. The molecule has 2 heterocycles. The maximum Gasteiger partial charge on any atom is 0.453 e. The lowest BCUT2D eigenvalue weighted by molar-refractivity contribution is -0.384. The molecule has 0 saturated heterocycles. The molecule has 0 aliphatic heterocycles. The molecule has 0 spiro atoms. The number of sulfone groups is 1. The fourth-order valence-corrected chi connectivity index (χ4v) is 3.10. The number of halogens is 4. The molecule has 1 aromatic carbocycles. The molecule has 0 amide bonds. The number of non-ortho nitro benzene ring substituents is 1. The van der Waals surface area contributed by atoms with Crippen molar-refractivity contribution in [2.45, 2.75) is 11.1 Å². The van der Waals surface area contributed by atoms with Gasteiger partial charge < -0.3 is 0 Å². The maximum atomic E-state index is 13.1. The quantitative estimate of drug-likeness (QED) is 0.444. The van der Waals surface area contributed by atoms with Crippen molar-refractivity contribution in [3.8, 4) is 17.2 Å². The van der Waals surface area contributed by atoms with E-state index in [0.717, 1.165) is 47.5 Å². The molecule has 0 saturated carbocycles. The Kier molecular flexibility index (Phi) is 5.04. The van der Waals surface area contributed by atoms with Crippen LogP contribution in [0.15, 0.2) is 41.4 Å². The molecule has 0 bridgehead atoms. The van der Waals surface area contributed by atoms with Gasteiger partial charge in [0.25, 0.3) is 11.5 Å². The topological polar surface area (TPSA) is 121 Å². The van der Waals surface area contributed by atoms with Gasteiger partial charge in [-0.05, 0) is 18.2 Å². The average Bonchev–Trinajstić information content (AvgIpc) is 3.06. The number of nitro benzene ring substituents is 1. The lowest BCUT2D eigenvalue weighted by Crippen LogP contribution is -2.09. The van der Waals surface area contributed by atoms with Crippen LogP contribution in [0.5, 0.6) is 0 Å². The first-order chi connectivity index (χ1) is 13.4. The molecule has 3 rings (SSSR count). The van der Waals surface area contributed by atoms with Crippen molar-refractivity contribution in [2.75, 3.05) is 6.26 Å². The summed E-state index contributed by atoms with van der Waals surface area (Å²) in [7, 11) is -3.57. The van der Waals surface area contributed by atoms with Gasteiger partial charge in [0, 0.05) is 30.1 Å². The summed E-state index contributed by atoms with van der Waals surface area (Å²) >= 11 is 6.01. The molecule has 0 N–H and O–H groups in total. The Morgan fingerprint density at radius 2 is 1.90 bits per heavy atom. The van der Waals surface area contributed by atoms with Crippen LogP contribution in [0.1, 0.15) is 5.82 Å². The van der Waals surface area contributed by atoms with E-state index in [9.17, 15) is 31.7 Å². The molecule has 0 unspecified atom stereocenters. The van der Waals surface area contributed by atoms with Crippen LogP contribution >= 0.6 is 11.6 Å². The number of aromatic nitrogens is 4. The lowest BCUT2D eigenvalue weighted by atomic mass is 10.2. The smallest absolute Gasteiger partial charge is 0.258 e. The fourth-order valence-electron chi connectivity index (χ4n) is 2.28. The molecule has 0 atom stereocenters. The van der Waals surface area contributed by atoms with E-state index in [1.165, 1.54) is 0 Å². The second-order valence-corrected chi connectivity index (χ2v) is 8.14. The van der Waals surface area contributed by atoms with E-state index in [0.29, 0.717) is 0 Å². The highest BCUT2D eigenvalue weighted by Crippen LogP contribution is 2.34. The first-order valence-electron chi connectivity index (χ1n) is 7.53. The van der Waals surface area contributed by atoms with Gasteiger partial charge in [-0.1, -0.05) is 11.6 Å². The average molecular weight is 448 g/mol. The van der Waals surface area contributed by atoms with E-state index in [1.54, 1.807) is 0 Å². The van der Waals surface area contributed by atoms with Gasteiger partial charge in [-0.3, -0.25) is 10.1 Å². The number of hydrogen-bond acceptors (Lipinski definition) is 7. The largest absolute Gasteiger partial charge is 0.453 e. The molecule has 0 fully saturated rings. The molecule has 14 heteroatoms. The lowest BCUT2D eigenvalue weighted by Gasteiger charge is -2.07. The number of alkyl halides is 3. The van der Waals surface area contributed by atoms with E-state index in [2.05, 4.69) is 15.1 Å². The van der Waals surface area contributed by atoms with Crippen LogP contribution in [0, 0.1) is 10.1 Å². The normalized spacial score (nSPS) is 12.2. The van der Waals surface area contributed by atoms with Crippen molar-refractivity contribution in [2.24, 2.45) is 0 Å². The van der Waals surface area contributed by atoms with Crippen LogP contribution in [0.25, 0.3) is 17.2 Å². The Balaban J connectivity index is 2.20. The van der Waals surface area contributed by atoms with E-state index in [-0.39, 0.29) is 32.8 Å². The number of rotatable bonds is 4. The highest BCUT2D eigenvalue weighted by molar-refractivity contribution is 7.90. The van der Waals surface area contributed by atoms with Crippen LogP contribution in [0.4, 0.5) is 18.9 Å². The zero-order chi connectivity index (χ0) is 21.6. The number of pyridine rings is 1. The SMILES string of the molecule is CS(=O)(=O)c1ccc(-n2nc(C(F)(F)F)nc2-c2ccc([N+](=O)[O-])cc2Cl)nc1. The van der Waals surface area contributed by atoms with Gasteiger partial charge in [0.2, 0.25) is 0 Å². The second kappa shape index (κ2) is 7.08. The van der Waals surface area contributed by atoms with Gasteiger partial charge in [0.1, 0.15) is 0 Å². The molecule has 0 radical (unpaired) electrons. The molecule has 3 aromatic rings. The summed E-state index contributed by atoms with van der Waals surface area (Å²) in [5.74, 6) is -2.03. The highest BCUT2D eigenvalue weighted by atomic mass is 35.5. The number of hydrogen-bond donors (Lipinski definition) is 0. The zero-order valence-corrected chi connectivity index (χ0v) is 15.8. The molecule has 9 nitrogen and oxygen atoms in total. The number of benzene rings is 1. The van der Waals surface area contributed by atoms with E-state index < -0.39 is 26.8 Å². The van der Waals surface area contributed by atoms with E-state index in [4.69, 9.17) is 11.6 Å². The Hall–Kier alpha value is -3.06. The van der Waals surface area contributed by atoms with Crippen LogP contribution in [0.3, 0.4) is 0 Å². The predicted molar refractivity (Wildman–Crippen MR) is 94.4 cm³/mol. The third-order valence-electron chi connectivity index (χ3n) is 3.63. The highest BCUT2D eigenvalue weighted by Gasteiger charge is 2.38. The van der Waals surface area contributed by atoms with Gasteiger partial charge in [-0.15, -0.1) is 5.10 Å². The van der Waals surface area contributed by atoms with Crippen molar-refractivity contribution in [3.05, 3.63) is 57.5 Å². The molecule has 29 heavy (non-hydrogen) atoms. The van der Waals surface area contributed by atoms with Crippen molar-refractivity contribution in [3.63, 3.8) is 0 Å². The Morgan fingerprint density at radius 1 is 1.21 bits per heavy atom. The monoisotopic (exact) mass is 447 g/mol. The molecular formula is C15H9ClF3N5O4S. The van der Waals surface area contributed by atoms with Gasteiger partial charge in [-0.25, -0.2) is 18.4 Å². The predicted octanol–water partition coefficient (Wildman–Crippen LogP) is 3.31. The standard InChI is InChI=1S/C15H9ClF3N5O4S/c1-29(27,28)9-3-5-12(20-7-9)23-13(21-14(22-23)15(17,18)19)10-4-2-8(24(25)26)6-11(10)16/h2-7H,1H3. The summed E-state index contributed by atoms with van der Waals surface area (Å²) in [6.45, 7) is 0. The Morgan fingerprint density at radius 3 is 2.38 bits per heavy atom. The van der Waals surface area contributed by atoms with E-state index >= 15 is 0 Å². The third kappa shape index (κ3) is 4.19. The van der Waals surface area contributed by atoms with Crippen molar-refractivity contribution in [1.29, 1.82) is 0 Å². The summed E-state index contributed by atoms with van der Waals surface area (Å²) in [4.78, 5) is 17.3. The summed E-state index contributed by atoms with van der Waals surface area (Å²) in [6, 6.07) is 5.44. The molecular weight excluding hydrogens is 439 g/mol. The first kappa shape index (κ1) is 20.7. The third-order valence-corrected chi connectivity index (χ3v) is 5.04. The van der Waals surface area contributed by atoms with Crippen LogP contribution in [-0.2, 0) is 16.0 Å². The minimum atomic E-state index is -4.89. The number of nitro groups is 1. The van der Waals surface area contributed by atoms with E-state index in [1.807, 2.05) is 0 Å². The second-order valence-electron chi connectivity index (χ2n) is 5.71. The van der Waals surface area contributed by atoms with Crippen molar-refractivity contribution in [1.82, 2.24) is 19.7 Å². The van der Waals surface area contributed by atoms with Crippen molar-refractivity contribution < 1.29 is 26.5 Å². The fraction of sp³-hybridized carbons (Fsp3) is 0.133. The molecule has 152 valence electrons. The van der Waals surface area contributed by atoms with Gasteiger partial charge >= 0.3 is 6.18 Å². The van der Waals surface area contributed by atoms with Crippen molar-refractivity contribution >= 4 is 27.1 Å². The number of nitrogens with zero attached hydrogens (tertiary/aromatic N) is 5. The molecule has 0 aliphatic rings. The summed E-state index contributed by atoms with van der Waals surface area (Å²) in [6.07, 6.45) is -2.98. The van der Waals surface area contributed by atoms with Gasteiger partial charge in [-0.2, -0.15) is 17.9 Å². The van der Waals surface area contributed by atoms with Crippen LogP contribution in [0.2, 0.25) is 5.02 Å². The van der Waals surface area contributed by atoms with Crippen LogP contribution in [-0.4, -0.2) is 39.3 Å². The van der Waals surface area contributed by atoms with Gasteiger partial charge in [0.15, 0.2) is 21.5 Å². The first-order valence-corrected chi connectivity index (χ1v) is 9.80. The zero-order valence-electron chi connectivity index (χ0n) is 14.3. The Bertz CT molecular complexity index is 1210. The molecule has 0 aliphatic carbocycles. The Labute approximate surface area is 165 Å². The maximum absolute atomic E-state index is 13.1. The van der Waals surface area contributed by atoms with Crippen LogP contribution < -0.4 is 0 Å². The minimum absolute atomic E-state index is 0.0609. The van der Waals surface area contributed by atoms with Gasteiger partial charge in [0.05, 0.1) is 14.8 Å².